The van der Waals surface area contributed by atoms with Crippen molar-refractivity contribution in [3.05, 3.63) is 0 Å². The van der Waals surface area contributed by atoms with Gasteiger partial charge in [0.2, 0.25) is 0 Å². The van der Waals surface area contributed by atoms with Gasteiger partial charge in [0.25, 0.3) is 0 Å². The highest BCUT2D eigenvalue weighted by atomic mass is 16.3. The number of aldehydes is 1. The van der Waals surface area contributed by atoms with E-state index in [2.05, 4.69) is 20.8 Å². The van der Waals surface area contributed by atoms with Crippen LogP contribution in [0.25, 0.3) is 0 Å². The standard InChI is InChI=1S/C9H18O2/c1-4-9(2,3)7-8(11)5-6-10/h6,8,11H,4-5,7H2,1-3H3. The first-order valence-corrected chi connectivity index (χ1v) is 4.13. The van der Waals surface area contributed by atoms with Gasteiger partial charge in [-0.05, 0) is 11.8 Å². The van der Waals surface area contributed by atoms with Crippen molar-refractivity contribution in [3.63, 3.8) is 0 Å². The highest BCUT2D eigenvalue weighted by molar-refractivity contribution is 5.49. The molecule has 0 aliphatic carbocycles. The van der Waals surface area contributed by atoms with Crippen LogP contribution in [0.5, 0.6) is 0 Å². The molecule has 0 amide bonds. The van der Waals surface area contributed by atoms with Gasteiger partial charge in [-0.15, -0.1) is 0 Å². The second-order valence-corrected chi connectivity index (χ2v) is 3.78. The van der Waals surface area contributed by atoms with Crippen LogP contribution in [-0.2, 0) is 4.79 Å². The number of carbonyl (C=O) groups is 1. The molecular formula is C9H18O2. The molecule has 0 aromatic heterocycles. The molecule has 0 saturated carbocycles. The predicted octanol–water partition coefficient (Wildman–Crippen LogP) is 1.76. The molecule has 11 heavy (non-hydrogen) atoms. The summed E-state index contributed by atoms with van der Waals surface area (Å²) >= 11 is 0. The molecule has 0 spiro atoms. The van der Waals surface area contributed by atoms with Gasteiger partial charge in [0.05, 0.1) is 6.10 Å². The molecule has 0 aromatic carbocycles. The first-order valence-electron chi connectivity index (χ1n) is 4.13. The molecule has 0 aliphatic heterocycles. The van der Waals surface area contributed by atoms with Crippen LogP contribution in [0, 0.1) is 5.41 Å². The minimum atomic E-state index is -0.456. The van der Waals surface area contributed by atoms with Crippen molar-refractivity contribution < 1.29 is 9.90 Å². The molecule has 1 atom stereocenters. The average molecular weight is 158 g/mol. The molecule has 66 valence electrons. The molecule has 2 heteroatoms. The molecule has 0 rings (SSSR count). The van der Waals surface area contributed by atoms with Gasteiger partial charge < -0.3 is 9.90 Å². The number of hydrogen-bond donors (Lipinski definition) is 1. The molecule has 0 saturated heterocycles. The summed E-state index contributed by atoms with van der Waals surface area (Å²) in [7, 11) is 0. The largest absolute Gasteiger partial charge is 0.393 e. The zero-order valence-electron chi connectivity index (χ0n) is 7.63. The van der Waals surface area contributed by atoms with Crippen LogP contribution in [0.15, 0.2) is 0 Å². The second kappa shape index (κ2) is 4.50. The van der Waals surface area contributed by atoms with E-state index >= 15 is 0 Å². The van der Waals surface area contributed by atoms with Crippen LogP contribution in [0.3, 0.4) is 0 Å². The van der Waals surface area contributed by atoms with Gasteiger partial charge in [-0.25, -0.2) is 0 Å². The van der Waals surface area contributed by atoms with Gasteiger partial charge in [0.1, 0.15) is 6.29 Å². The molecule has 0 heterocycles. The number of aliphatic hydroxyl groups excluding tert-OH is 1. The van der Waals surface area contributed by atoms with E-state index in [0.717, 1.165) is 12.7 Å². The summed E-state index contributed by atoms with van der Waals surface area (Å²) in [6.07, 6.45) is 2.33. The molecule has 0 aliphatic rings. The lowest BCUT2D eigenvalue weighted by Crippen LogP contribution is -2.19. The van der Waals surface area contributed by atoms with Crippen molar-refractivity contribution >= 4 is 6.29 Å². The van der Waals surface area contributed by atoms with E-state index in [1.807, 2.05) is 0 Å². The van der Waals surface area contributed by atoms with Crippen molar-refractivity contribution in [3.8, 4) is 0 Å². The molecular weight excluding hydrogens is 140 g/mol. The Hall–Kier alpha value is -0.370. The van der Waals surface area contributed by atoms with Crippen LogP contribution in [-0.4, -0.2) is 17.5 Å². The highest BCUT2D eigenvalue weighted by Gasteiger charge is 2.19. The SMILES string of the molecule is CCC(C)(C)CC(O)CC=O. The minimum absolute atomic E-state index is 0.155. The lowest BCUT2D eigenvalue weighted by molar-refractivity contribution is -0.109. The van der Waals surface area contributed by atoms with E-state index in [1.54, 1.807) is 0 Å². The highest BCUT2D eigenvalue weighted by Crippen LogP contribution is 2.26. The Bertz CT molecular complexity index is 119. The van der Waals surface area contributed by atoms with Gasteiger partial charge in [-0.1, -0.05) is 27.2 Å². The predicted molar refractivity (Wildman–Crippen MR) is 45.4 cm³/mol. The minimum Gasteiger partial charge on any atom is -0.393 e. The zero-order valence-corrected chi connectivity index (χ0v) is 7.63. The van der Waals surface area contributed by atoms with E-state index in [1.165, 1.54) is 0 Å². The maximum absolute atomic E-state index is 10.0. The Morgan fingerprint density at radius 3 is 2.45 bits per heavy atom. The first kappa shape index (κ1) is 10.6. The van der Waals surface area contributed by atoms with Gasteiger partial charge >= 0.3 is 0 Å². The van der Waals surface area contributed by atoms with Crippen molar-refractivity contribution in [2.24, 2.45) is 5.41 Å². The monoisotopic (exact) mass is 158 g/mol. The third-order valence-electron chi connectivity index (χ3n) is 2.11. The fourth-order valence-corrected chi connectivity index (χ4v) is 0.977. The number of rotatable bonds is 5. The zero-order chi connectivity index (χ0) is 8.91. The van der Waals surface area contributed by atoms with Gasteiger partial charge in [0.15, 0.2) is 0 Å². The summed E-state index contributed by atoms with van der Waals surface area (Å²) in [5.74, 6) is 0. The normalized spacial score (nSPS) is 14.5. The van der Waals surface area contributed by atoms with Crippen molar-refractivity contribution in [1.29, 1.82) is 0 Å². The van der Waals surface area contributed by atoms with Crippen molar-refractivity contribution in [2.45, 2.75) is 46.1 Å². The quantitative estimate of drug-likeness (QED) is 0.619. The second-order valence-electron chi connectivity index (χ2n) is 3.78. The Labute approximate surface area is 68.6 Å². The molecule has 2 nitrogen and oxygen atoms in total. The topological polar surface area (TPSA) is 37.3 Å². The van der Waals surface area contributed by atoms with Crippen molar-refractivity contribution in [2.75, 3.05) is 0 Å². The first-order chi connectivity index (χ1) is 5.02. The lowest BCUT2D eigenvalue weighted by Gasteiger charge is -2.24. The Balaban J connectivity index is 3.72. The summed E-state index contributed by atoms with van der Waals surface area (Å²) in [6, 6.07) is 0. The summed E-state index contributed by atoms with van der Waals surface area (Å²) in [4.78, 5) is 10.0. The summed E-state index contributed by atoms with van der Waals surface area (Å²) < 4.78 is 0. The maximum Gasteiger partial charge on any atom is 0.122 e. The Kier molecular flexibility index (Phi) is 4.34. The van der Waals surface area contributed by atoms with E-state index in [4.69, 9.17) is 0 Å². The lowest BCUT2D eigenvalue weighted by atomic mass is 9.83. The smallest absolute Gasteiger partial charge is 0.122 e. The number of carbonyl (C=O) groups excluding carboxylic acids is 1. The van der Waals surface area contributed by atoms with Gasteiger partial charge in [-0.3, -0.25) is 0 Å². The molecule has 1 N–H and O–H groups in total. The summed E-state index contributed by atoms with van der Waals surface area (Å²) in [6.45, 7) is 6.29. The molecule has 0 bridgehead atoms. The van der Waals surface area contributed by atoms with Crippen LogP contribution >= 0.6 is 0 Å². The van der Waals surface area contributed by atoms with Crippen LogP contribution in [0.2, 0.25) is 0 Å². The molecule has 0 aromatic rings. The third-order valence-corrected chi connectivity index (χ3v) is 2.11. The molecule has 0 radical (unpaired) electrons. The average Bonchev–Trinajstić information content (AvgIpc) is 1.87. The van der Waals surface area contributed by atoms with Crippen LogP contribution < -0.4 is 0 Å². The summed E-state index contributed by atoms with van der Waals surface area (Å²) in [5.41, 5.74) is 0.155. The number of aliphatic hydroxyl groups is 1. The maximum atomic E-state index is 10.0. The number of hydrogen-bond acceptors (Lipinski definition) is 2. The van der Waals surface area contributed by atoms with E-state index < -0.39 is 6.10 Å². The van der Waals surface area contributed by atoms with Crippen LogP contribution in [0.1, 0.15) is 40.0 Å². The molecule has 1 unspecified atom stereocenters. The Morgan fingerprint density at radius 2 is 2.09 bits per heavy atom. The van der Waals surface area contributed by atoms with Crippen molar-refractivity contribution in [1.82, 2.24) is 0 Å². The third kappa shape index (κ3) is 4.96. The fraction of sp³-hybridized carbons (Fsp3) is 0.889. The fourth-order valence-electron chi connectivity index (χ4n) is 0.977. The summed E-state index contributed by atoms with van der Waals surface area (Å²) in [5, 5.41) is 9.28. The Morgan fingerprint density at radius 1 is 1.55 bits per heavy atom. The van der Waals surface area contributed by atoms with E-state index in [9.17, 15) is 9.90 Å². The van der Waals surface area contributed by atoms with E-state index in [-0.39, 0.29) is 11.8 Å². The van der Waals surface area contributed by atoms with Crippen LogP contribution in [0.4, 0.5) is 0 Å². The van der Waals surface area contributed by atoms with Gasteiger partial charge in [0, 0.05) is 6.42 Å². The molecule has 0 fully saturated rings. The van der Waals surface area contributed by atoms with E-state index in [0.29, 0.717) is 6.42 Å². The van der Waals surface area contributed by atoms with Gasteiger partial charge in [-0.2, -0.15) is 0 Å².